The van der Waals surface area contributed by atoms with Crippen LogP contribution in [0.5, 0.6) is 5.75 Å². The zero-order valence-electron chi connectivity index (χ0n) is 23.6. The molecule has 37 heavy (non-hydrogen) atoms. The van der Waals surface area contributed by atoms with Gasteiger partial charge < -0.3 is 19.5 Å². The van der Waals surface area contributed by atoms with Crippen LogP contribution in [0.2, 0.25) is 0 Å². The van der Waals surface area contributed by atoms with E-state index in [0.29, 0.717) is 12.8 Å². The lowest BCUT2D eigenvalue weighted by molar-refractivity contribution is -0.121. The molecule has 6 nitrogen and oxygen atoms in total. The van der Waals surface area contributed by atoms with Gasteiger partial charge in [-0.15, -0.1) is 0 Å². The Labute approximate surface area is 226 Å². The number of phenols is 1. The summed E-state index contributed by atoms with van der Waals surface area (Å²) < 4.78 is 23.5. The molecule has 0 aromatic heterocycles. The van der Waals surface area contributed by atoms with E-state index in [0.717, 1.165) is 18.4 Å². The number of rotatable bonds is 23. The fourth-order valence-electron chi connectivity index (χ4n) is 4.33. The minimum Gasteiger partial charge on any atom is -0.508 e. The minimum atomic E-state index is -3.35. The van der Waals surface area contributed by atoms with Gasteiger partial charge in [0, 0.05) is 12.2 Å². The molecule has 1 amide bonds. The Morgan fingerprint density at radius 3 is 1.81 bits per heavy atom. The summed E-state index contributed by atoms with van der Waals surface area (Å²) in [6.45, 7) is 6.34. The Morgan fingerprint density at radius 2 is 1.32 bits per heavy atom. The van der Waals surface area contributed by atoms with Crippen LogP contribution in [0.15, 0.2) is 36.2 Å². The molecule has 0 fully saturated rings. The van der Waals surface area contributed by atoms with E-state index in [1.54, 1.807) is 32.1 Å². The van der Waals surface area contributed by atoms with E-state index < -0.39 is 7.60 Å². The molecule has 1 atom stereocenters. The number of carbonyl (C=O) groups is 1. The third kappa shape index (κ3) is 17.5. The Morgan fingerprint density at radius 1 is 0.838 bits per heavy atom. The largest absolute Gasteiger partial charge is 0.508 e. The molecule has 2 N–H and O–H groups in total. The molecule has 0 radical (unpaired) electrons. The third-order valence-electron chi connectivity index (χ3n) is 6.36. The van der Waals surface area contributed by atoms with Gasteiger partial charge in [-0.25, -0.2) is 0 Å². The Balaban J connectivity index is 2.40. The maximum Gasteiger partial charge on any atom is 0.353 e. The molecule has 1 rings (SSSR count). The highest BCUT2D eigenvalue weighted by Gasteiger charge is 2.20. The molecule has 1 aromatic carbocycles. The van der Waals surface area contributed by atoms with Gasteiger partial charge in [0.1, 0.15) is 5.75 Å². The Hall–Kier alpha value is -1.62. The predicted molar refractivity (Wildman–Crippen MR) is 154 cm³/mol. The number of amides is 1. The van der Waals surface area contributed by atoms with Crippen LogP contribution in [0.1, 0.15) is 116 Å². The molecule has 7 heteroatoms. The number of hydrogen-bond donors (Lipinski definition) is 2. The molecule has 0 aliphatic carbocycles. The first-order valence-corrected chi connectivity index (χ1v) is 16.2. The van der Waals surface area contributed by atoms with Gasteiger partial charge >= 0.3 is 7.60 Å². The van der Waals surface area contributed by atoms with Crippen molar-refractivity contribution in [3.8, 4) is 5.75 Å². The molecule has 0 heterocycles. The normalized spacial score (nSPS) is 12.7. The smallest absolute Gasteiger partial charge is 0.353 e. The first-order valence-electron chi connectivity index (χ1n) is 14.6. The number of benzene rings is 1. The Kier molecular flexibility index (Phi) is 19.3. The molecule has 0 saturated carbocycles. The molecular weight excluding hydrogens is 485 g/mol. The van der Waals surface area contributed by atoms with Crippen molar-refractivity contribution in [3.05, 3.63) is 41.7 Å². The van der Waals surface area contributed by atoms with E-state index in [1.807, 2.05) is 12.1 Å². The van der Waals surface area contributed by atoms with Crippen LogP contribution in [-0.4, -0.2) is 30.3 Å². The second kappa shape index (κ2) is 21.3. The number of carbonyl (C=O) groups excluding carboxylic acids is 1. The zero-order valence-corrected chi connectivity index (χ0v) is 24.5. The number of hydrogen-bond acceptors (Lipinski definition) is 5. The number of phenolic OH excluding ortho intramolecular Hbond substituents is 1. The first-order chi connectivity index (χ1) is 17.9. The topological polar surface area (TPSA) is 84.9 Å². The van der Waals surface area contributed by atoms with Gasteiger partial charge in [0.15, 0.2) is 0 Å². The highest BCUT2D eigenvalue weighted by molar-refractivity contribution is 7.57. The Bertz CT molecular complexity index is 771. The van der Waals surface area contributed by atoms with Crippen molar-refractivity contribution in [2.75, 3.05) is 13.2 Å². The van der Waals surface area contributed by atoms with Crippen molar-refractivity contribution in [3.63, 3.8) is 0 Å². The van der Waals surface area contributed by atoms with Gasteiger partial charge in [0.2, 0.25) is 5.91 Å². The molecule has 0 spiro atoms. The van der Waals surface area contributed by atoms with Gasteiger partial charge in [0.25, 0.3) is 0 Å². The lowest BCUT2D eigenvalue weighted by Crippen LogP contribution is -2.34. The lowest BCUT2D eigenvalue weighted by Gasteiger charge is -2.18. The van der Waals surface area contributed by atoms with Crippen LogP contribution in [0, 0.1) is 0 Å². The summed E-state index contributed by atoms with van der Waals surface area (Å²) >= 11 is 0. The van der Waals surface area contributed by atoms with Crippen molar-refractivity contribution in [1.82, 2.24) is 5.32 Å². The summed E-state index contributed by atoms with van der Waals surface area (Å²) in [7, 11) is -3.35. The predicted octanol–water partition coefficient (Wildman–Crippen LogP) is 8.68. The lowest BCUT2D eigenvalue weighted by atomic mass is 10.0. The molecule has 0 saturated heterocycles. The molecular formula is C30H52NO5P. The van der Waals surface area contributed by atoms with Crippen LogP contribution in [0.3, 0.4) is 0 Å². The number of unbranched alkanes of at least 4 members (excludes halogenated alkanes) is 12. The van der Waals surface area contributed by atoms with Gasteiger partial charge in [-0.1, -0.05) is 102 Å². The van der Waals surface area contributed by atoms with E-state index in [1.165, 1.54) is 76.4 Å². The van der Waals surface area contributed by atoms with E-state index in [2.05, 4.69) is 12.2 Å². The highest BCUT2D eigenvalue weighted by Crippen LogP contribution is 2.49. The molecule has 0 aliphatic heterocycles. The SMILES string of the molecule is CCCCCCCCCCCCCCCC(=O)N[C@@H](/C=C/P(=O)(OCC)OCC)Cc1ccc(O)cc1. The van der Waals surface area contributed by atoms with Crippen LogP contribution >= 0.6 is 7.60 Å². The summed E-state index contributed by atoms with van der Waals surface area (Å²) in [5, 5.41) is 12.6. The average Bonchev–Trinajstić information content (AvgIpc) is 2.87. The van der Waals surface area contributed by atoms with Crippen LogP contribution in [0.25, 0.3) is 0 Å². The summed E-state index contributed by atoms with van der Waals surface area (Å²) in [6.07, 6.45) is 19.2. The summed E-state index contributed by atoms with van der Waals surface area (Å²) in [4.78, 5) is 12.7. The van der Waals surface area contributed by atoms with Crippen molar-refractivity contribution in [2.24, 2.45) is 0 Å². The molecule has 0 bridgehead atoms. The van der Waals surface area contributed by atoms with E-state index in [9.17, 15) is 14.5 Å². The van der Waals surface area contributed by atoms with Crippen molar-refractivity contribution in [2.45, 2.75) is 123 Å². The monoisotopic (exact) mass is 537 g/mol. The highest BCUT2D eigenvalue weighted by atomic mass is 31.2. The van der Waals surface area contributed by atoms with Crippen LogP contribution in [0.4, 0.5) is 0 Å². The van der Waals surface area contributed by atoms with Gasteiger partial charge in [0.05, 0.1) is 19.3 Å². The third-order valence-corrected chi connectivity index (χ3v) is 8.14. The van der Waals surface area contributed by atoms with Crippen LogP contribution in [-0.2, 0) is 24.8 Å². The van der Waals surface area contributed by atoms with Crippen molar-refractivity contribution >= 4 is 13.5 Å². The standard InChI is InChI=1S/C30H52NO5P/c1-4-7-8-9-10-11-12-13-14-15-16-17-18-19-30(33)31-28(26-27-20-22-29(32)23-21-27)24-25-37(34,35-5-2)36-6-3/h20-25,28,32H,4-19,26H2,1-3H3,(H,31,33)/b25-24+/t28-/m0/s1. The summed E-state index contributed by atoms with van der Waals surface area (Å²) in [5.41, 5.74) is 0.955. The van der Waals surface area contributed by atoms with Crippen molar-refractivity contribution in [1.29, 1.82) is 0 Å². The minimum absolute atomic E-state index is 0.0147. The van der Waals surface area contributed by atoms with Crippen molar-refractivity contribution < 1.29 is 23.5 Å². The maximum absolute atomic E-state index is 12.8. The first kappa shape index (κ1) is 33.4. The van der Waals surface area contributed by atoms with E-state index in [-0.39, 0.29) is 30.9 Å². The molecule has 0 aliphatic rings. The van der Waals surface area contributed by atoms with Gasteiger partial charge in [-0.3, -0.25) is 9.36 Å². The molecule has 1 aromatic rings. The quantitative estimate of drug-likeness (QED) is 0.108. The second-order valence-corrected chi connectivity index (χ2v) is 11.6. The maximum atomic E-state index is 12.8. The fraction of sp³-hybridized carbons (Fsp3) is 0.700. The average molecular weight is 538 g/mol. The van der Waals surface area contributed by atoms with Gasteiger partial charge in [-0.05, 0) is 44.4 Å². The summed E-state index contributed by atoms with van der Waals surface area (Å²) in [5.74, 6) is 1.63. The second-order valence-electron chi connectivity index (χ2n) is 9.75. The number of aromatic hydroxyl groups is 1. The van der Waals surface area contributed by atoms with E-state index in [4.69, 9.17) is 9.05 Å². The molecule has 0 unspecified atom stereocenters. The summed E-state index contributed by atoms with van der Waals surface area (Å²) in [6, 6.07) is 6.53. The van der Waals surface area contributed by atoms with E-state index >= 15 is 0 Å². The number of nitrogens with one attached hydrogen (secondary N) is 1. The van der Waals surface area contributed by atoms with Gasteiger partial charge in [-0.2, -0.15) is 0 Å². The fourth-order valence-corrected chi connectivity index (χ4v) is 5.71. The van der Waals surface area contributed by atoms with Crippen LogP contribution < -0.4 is 5.32 Å². The molecule has 212 valence electrons. The zero-order chi connectivity index (χ0) is 27.2.